The summed E-state index contributed by atoms with van der Waals surface area (Å²) in [7, 11) is 0. The normalized spacial score (nSPS) is 10.3. The van der Waals surface area contributed by atoms with Crippen LogP contribution < -0.4 is 4.90 Å². The Morgan fingerprint density at radius 1 is 1.25 bits per heavy atom. The Bertz CT molecular complexity index is 633. The maximum absolute atomic E-state index is 12.4. The summed E-state index contributed by atoms with van der Waals surface area (Å²) in [6.07, 6.45) is 1.37. The molecule has 0 fully saturated rings. The molecular formula is C14H12BrNO4. The standard InChI is InChI=1S/C14H12BrNO4/c1-9-2-4-10(5-3-9)16(8-12(17)18)14(19)11-6-7-20-13(11)15/h2-7H,8H2,1H3,(H,17,18). The summed E-state index contributed by atoms with van der Waals surface area (Å²) in [5.41, 5.74) is 1.84. The van der Waals surface area contributed by atoms with Gasteiger partial charge in [0.15, 0.2) is 4.67 Å². The Morgan fingerprint density at radius 2 is 1.90 bits per heavy atom. The number of aliphatic carboxylic acids is 1. The van der Waals surface area contributed by atoms with Gasteiger partial charge in [-0.25, -0.2) is 0 Å². The lowest BCUT2D eigenvalue weighted by molar-refractivity contribution is -0.135. The molecule has 1 aromatic carbocycles. The van der Waals surface area contributed by atoms with Crippen LogP contribution in [-0.4, -0.2) is 23.5 Å². The van der Waals surface area contributed by atoms with Gasteiger partial charge in [0.05, 0.1) is 11.8 Å². The molecule has 0 spiro atoms. The van der Waals surface area contributed by atoms with E-state index in [1.165, 1.54) is 17.2 Å². The topological polar surface area (TPSA) is 70.8 Å². The van der Waals surface area contributed by atoms with E-state index in [-0.39, 0.29) is 10.2 Å². The summed E-state index contributed by atoms with van der Waals surface area (Å²) in [6.45, 7) is 1.50. The van der Waals surface area contributed by atoms with Gasteiger partial charge < -0.3 is 9.52 Å². The minimum atomic E-state index is -1.08. The van der Waals surface area contributed by atoms with E-state index in [9.17, 15) is 9.59 Å². The zero-order valence-corrected chi connectivity index (χ0v) is 12.3. The summed E-state index contributed by atoms with van der Waals surface area (Å²) in [5.74, 6) is -1.52. The Kier molecular flexibility index (Phi) is 4.24. The van der Waals surface area contributed by atoms with E-state index in [1.807, 2.05) is 19.1 Å². The third-order valence-corrected chi connectivity index (χ3v) is 3.35. The van der Waals surface area contributed by atoms with Crippen LogP contribution in [0.25, 0.3) is 0 Å². The molecule has 104 valence electrons. The number of carbonyl (C=O) groups is 2. The van der Waals surface area contributed by atoms with Gasteiger partial charge in [-0.05, 0) is 41.1 Å². The second kappa shape index (κ2) is 5.92. The number of halogens is 1. The van der Waals surface area contributed by atoms with Crippen LogP contribution in [0.15, 0.2) is 45.7 Å². The van der Waals surface area contributed by atoms with Crippen LogP contribution in [0.4, 0.5) is 5.69 Å². The third-order valence-electron chi connectivity index (χ3n) is 2.73. The van der Waals surface area contributed by atoms with E-state index in [0.717, 1.165) is 5.56 Å². The lowest BCUT2D eigenvalue weighted by atomic mass is 10.2. The highest BCUT2D eigenvalue weighted by molar-refractivity contribution is 9.10. The lowest BCUT2D eigenvalue weighted by Crippen LogP contribution is -2.35. The van der Waals surface area contributed by atoms with E-state index in [4.69, 9.17) is 9.52 Å². The molecule has 0 saturated carbocycles. The average Bonchev–Trinajstić information content (AvgIpc) is 2.82. The second-order valence-corrected chi connectivity index (χ2v) is 4.95. The minimum absolute atomic E-state index is 0.282. The highest BCUT2D eigenvalue weighted by atomic mass is 79.9. The van der Waals surface area contributed by atoms with Crippen LogP contribution in [0.1, 0.15) is 15.9 Å². The Balaban J connectivity index is 2.37. The van der Waals surface area contributed by atoms with Crippen LogP contribution in [-0.2, 0) is 4.79 Å². The predicted molar refractivity (Wildman–Crippen MR) is 76.9 cm³/mol. The quantitative estimate of drug-likeness (QED) is 0.930. The van der Waals surface area contributed by atoms with Gasteiger partial charge in [0.2, 0.25) is 0 Å². The molecule has 5 nitrogen and oxygen atoms in total. The van der Waals surface area contributed by atoms with Crippen molar-refractivity contribution in [1.82, 2.24) is 0 Å². The molecule has 2 aromatic rings. The Labute approximate surface area is 123 Å². The fourth-order valence-electron chi connectivity index (χ4n) is 1.73. The first-order valence-electron chi connectivity index (χ1n) is 5.82. The molecule has 0 aliphatic heterocycles. The summed E-state index contributed by atoms with van der Waals surface area (Å²) >= 11 is 3.12. The van der Waals surface area contributed by atoms with Crippen LogP contribution >= 0.6 is 15.9 Å². The Hall–Kier alpha value is -2.08. The first-order chi connectivity index (χ1) is 9.49. The summed E-state index contributed by atoms with van der Waals surface area (Å²) < 4.78 is 5.30. The predicted octanol–water partition coefficient (Wildman–Crippen LogP) is 3.08. The van der Waals surface area contributed by atoms with Gasteiger partial charge in [-0.15, -0.1) is 0 Å². The van der Waals surface area contributed by atoms with Crippen molar-refractivity contribution in [2.75, 3.05) is 11.4 Å². The number of benzene rings is 1. The van der Waals surface area contributed by atoms with Crippen molar-refractivity contribution in [3.8, 4) is 0 Å². The zero-order chi connectivity index (χ0) is 14.7. The van der Waals surface area contributed by atoms with Crippen molar-refractivity contribution in [2.24, 2.45) is 0 Å². The monoisotopic (exact) mass is 337 g/mol. The number of nitrogens with zero attached hydrogens (tertiary/aromatic N) is 1. The number of carbonyl (C=O) groups excluding carboxylic acids is 1. The van der Waals surface area contributed by atoms with Crippen LogP contribution in [0, 0.1) is 6.92 Å². The van der Waals surface area contributed by atoms with Crippen molar-refractivity contribution in [1.29, 1.82) is 0 Å². The molecule has 1 amide bonds. The molecule has 0 aliphatic rings. The minimum Gasteiger partial charge on any atom is -0.480 e. The van der Waals surface area contributed by atoms with E-state index in [1.54, 1.807) is 12.1 Å². The number of rotatable bonds is 4. The Morgan fingerprint density at radius 3 is 2.40 bits per heavy atom. The molecule has 1 N–H and O–H groups in total. The summed E-state index contributed by atoms with van der Waals surface area (Å²) in [6, 6.07) is 8.56. The van der Waals surface area contributed by atoms with Gasteiger partial charge in [-0.1, -0.05) is 17.7 Å². The highest BCUT2D eigenvalue weighted by Crippen LogP contribution is 2.23. The second-order valence-electron chi connectivity index (χ2n) is 4.23. The van der Waals surface area contributed by atoms with Gasteiger partial charge in [0.25, 0.3) is 5.91 Å². The van der Waals surface area contributed by atoms with Crippen LogP contribution in [0.5, 0.6) is 0 Å². The molecular weight excluding hydrogens is 326 g/mol. The molecule has 0 atom stereocenters. The average molecular weight is 338 g/mol. The number of hydrogen-bond acceptors (Lipinski definition) is 3. The van der Waals surface area contributed by atoms with Crippen molar-refractivity contribution in [3.63, 3.8) is 0 Å². The zero-order valence-electron chi connectivity index (χ0n) is 10.7. The smallest absolute Gasteiger partial charge is 0.323 e. The fourth-order valence-corrected chi connectivity index (χ4v) is 2.14. The molecule has 1 aromatic heterocycles. The molecule has 0 saturated heterocycles. The van der Waals surface area contributed by atoms with Gasteiger partial charge in [-0.2, -0.15) is 0 Å². The first-order valence-corrected chi connectivity index (χ1v) is 6.61. The number of carboxylic acid groups (broad SMARTS) is 1. The van der Waals surface area contributed by atoms with E-state index < -0.39 is 18.4 Å². The molecule has 0 unspecified atom stereocenters. The number of hydrogen-bond donors (Lipinski definition) is 1. The van der Waals surface area contributed by atoms with Gasteiger partial charge >= 0.3 is 5.97 Å². The van der Waals surface area contributed by atoms with Crippen molar-refractivity contribution in [2.45, 2.75) is 6.92 Å². The molecule has 20 heavy (non-hydrogen) atoms. The number of carboxylic acids is 1. The first kappa shape index (κ1) is 14.3. The molecule has 2 rings (SSSR count). The lowest BCUT2D eigenvalue weighted by Gasteiger charge is -2.20. The van der Waals surface area contributed by atoms with Gasteiger partial charge in [-0.3, -0.25) is 14.5 Å². The van der Waals surface area contributed by atoms with Gasteiger partial charge in [0.1, 0.15) is 6.54 Å². The van der Waals surface area contributed by atoms with E-state index in [2.05, 4.69) is 15.9 Å². The van der Waals surface area contributed by atoms with Crippen LogP contribution in [0.3, 0.4) is 0 Å². The number of furan rings is 1. The fraction of sp³-hybridized carbons (Fsp3) is 0.143. The van der Waals surface area contributed by atoms with Crippen molar-refractivity contribution < 1.29 is 19.1 Å². The van der Waals surface area contributed by atoms with Crippen molar-refractivity contribution >= 4 is 33.5 Å². The third kappa shape index (κ3) is 3.08. The van der Waals surface area contributed by atoms with Crippen LogP contribution in [0.2, 0.25) is 0 Å². The number of amides is 1. The number of anilines is 1. The molecule has 1 heterocycles. The van der Waals surface area contributed by atoms with Gasteiger partial charge in [0, 0.05) is 5.69 Å². The molecule has 0 aliphatic carbocycles. The summed E-state index contributed by atoms with van der Waals surface area (Å²) in [5, 5.41) is 8.99. The number of aryl methyl sites for hydroxylation is 1. The SMILES string of the molecule is Cc1ccc(N(CC(=O)O)C(=O)c2ccoc2Br)cc1. The van der Waals surface area contributed by atoms with Crippen molar-refractivity contribution in [3.05, 3.63) is 52.4 Å². The molecule has 0 radical (unpaired) electrons. The highest BCUT2D eigenvalue weighted by Gasteiger charge is 2.23. The maximum atomic E-state index is 12.4. The maximum Gasteiger partial charge on any atom is 0.323 e. The van der Waals surface area contributed by atoms with E-state index in [0.29, 0.717) is 5.69 Å². The van der Waals surface area contributed by atoms with E-state index >= 15 is 0 Å². The summed E-state index contributed by atoms with van der Waals surface area (Å²) in [4.78, 5) is 24.6. The molecule has 6 heteroatoms. The largest absolute Gasteiger partial charge is 0.480 e. The molecule has 0 bridgehead atoms.